The highest BCUT2D eigenvalue weighted by atomic mass is 32.1. The smallest absolute Gasteiger partial charge is 0.0802 e. The Kier molecular flexibility index (Phi) is 4.69. The van der Waals surface area contributed by atoms with Gasteiger partial charge in [0.25, 0.3) is 0 Å². The van der Waals surface area contributed by atoms with Crippen molar-refractivity contribution in [2.45, 2.75) is 40.0 Å². The fraction of sp³-hybridized carbons (Fsp3) is 0.500. The summed E-state index contributed by atoms with van der Waals surface area (Å²) >= 11 is 1.67. The lowest BCUT2D eigenvalue weighted by Gasteiger charge is -2.05. The SMILES string of the molecule is C/C=C(/N=CCC)c1scnc1C(C)C. The molecular weight excluding hydrogens is 204 g/mol. The van der Waals surface area contributed by atoms with Crippen LogP contribution in [0.15, 0.2) is 16.6 Å². The van der Waals surface area contributed by atoms with Gasteiger partial charge in [-0.1, -0.05) is 26.8 Å². The molecular formula is C12H18N2S. The minimum atomic E-state index is 0.457. The lowest BCUT2D eigenvalue weighted by Crippen LogP contribution is -1.92. The zero-order valence-electron chi connectivity index (χ0n) is 9.82. The summed E-state index contributed by atoms with van der Waals surface area (Å²) < 4.78 is 0. The van der Waals surface area contributed by atoms with E-state index in [2.05, 4.69) is 30.7 Å². The first-order valence-electron chi connectivity index (χ1n) is 5.33. The van der Waals surface area contributed by atoms with Crippen LogP contribution in [0.2, 0.25) is 0 Å². The Bertz CT molecular complexity index is 361. The molecule has 0 spiro atoms. The summed E-state index contributed by atoms with van der Waals surface area (Å²) in [6.45, 7) is 8.43. The molecule has 0 atom stereocenters. The molecule has 0 aliphatic rings. The van der Waals surface area contributed by atoms with Crippen molar-refractivity contribution in [2.75, 3.05) is 0 Å². The highest BCUT2D eigenvalue weighted by Gasteiger charge is 2.12. The van der Waals surface area contributed by atoms with Crippen molar-refractivity contribution in [3.05, 3.63) is 22.2 Å². The molecule has 3 heteroatoms. The summed E-state index contributed by atoms with van der Waals surface area (Å²) in [6.07, 6.45) is 4.96. The molecule has 0 bridgehead atoms. The van der Waals surface area contributed by atoms with Gasteiger partial charge in [0.15, 0.2) is 0 Å². The van der Waals surface area contributed by atoms with E-state index in [0.29, 0.717) is 5.92 Å². The third-order valence-corrected chi connectivity index (χ3v) is 2.93. The fourth-order valence-electron chi connectivity index (χ4n) is 1.31. The van der Waals surface area contributed by atoms with Gasteiger partial charge >= 0.3 is 0 Å². The highest BCUT2D eigenvalue weighted by Crippen LogP contribution is 2.29. The molecule has 1 aromatic heterocycles. The maximum Gasteiger partial charge on any atom is 0.0802 e. The van der Waals surface area contributed by atoms with E-state index in [9.17, 15) is 0 Å². The van der Waals surface area contributed by atoms with Gasteiger partial charge in [-0.15, -0.1) is 11.3 Å². The van der Waals surface area contributed by atoms with Crippen LogP contribution >= 0.6 is 11.3 Å². The molecule has 0 saturated carbocycles. The van der Waals surface area contributed by atoms with E-state index >= 15 is 0 Å². The standard InChI is InChI=1S/C12H18N2S/c1-5-7-13-10(6-2)12-11(9(3)4)14-8-15-12/h6-9H,5H2,1-4H3/b10-6+,13-7?. The Balaban J connectivity index is 3.03. The zero-order chi connectivity index (χ0) is 11.3. The van der Waals surface area contributed by atoms with Crippen LogP contribution in [0.1, 0.15) is 50.6 Å². The van der Waals surface area contributed by atoms with Gasteiger partial charge in [-0.3, -0.25) is 4.99 Å². The topological polar surface area (TPSA) is 25.2 Å². The van der Waals surface area contributed by atoms with Gasteiger partial charge in [0.2, 0.25) is 0 Å². The van der Waals surface area contributed by atoms with Gasteiger partial charge in [-0.2, -0.15) is 0 Å². The molecule has 1 aromatic rings. The van der Waals surface area contributed by atoms with Crippen LogP contribution < -0.4 is 0 Å². The van der Waals surface area contributed by atoms with Crippen LogP contribution in [0.4, 0.5) is 0 Å². The summed E-state index contributed by atoms with van der Waals surface area (Å²) in [5, 5.41) is 0. The molecule has 1 heterocycles. The van der Waals surface area contributed by atoms with Crippen molar-refractivity contribution in [2.24, 2.45) is 4.99 Å². The Hall–Kier alpha value is -0.960. The summed E-state index contributed by atoms with van der Waals surface area (Å²) in [5.41, 5.74) is 4.10. The van der Waals surface area contributed by atoms with Crippen LogP contribution in [-0.4, -0.2) is 11.2 Å². The van der Waals surface area contributed by atoms with E-state index in [1.54, 1.807) is 11.3 Å². The molecule has 2 nitrogen and oxygen atoms in total. The van der Waals surface area contributed by atoms with Gasteiger partial charge in [-0.25, -0.2) is 4.98 Å². The van der Waals surface area contributed by atoms with E-state index < -0.39 is 0 Å². The van der Waals surface area contributed by atoms with Crippen LogP contribution in [0.25, 0.3) is 5.70 Å². The summed E-state index contributed by atoms with van der Waals surface area (Å²) in [6, 6.07) is 0. The molecule has 0 aliphatic carbocycles. The fourth-order valence-corrected chi connectivity index (χ4v) is 2.28. The first-order valence-corrected chi connectivity index (χ1v) is 6.21. The first kappa shape index (κ1) is 12.1. The highest BCUT2D eigenvalue weighted by molar-refractivity contribution is 7.10. The van der Waals surface area contributed by atoms with E-state index in [0.717, 1.165) is 17.8 Å². The third-order valence-electron chi connectivity index (χ3n) is 2.06. The zero-order valence-corrected chi connectivity index (χ0v) is 10.6. The Morgan fingerprint density at radius 3 is 2.87 bits per heavy atom. The third kappa shape index (κ3) is 2.99. The van der Waals surface area contributed by atoms with Crippen molar-refractivity contribution < 1.29 is 0 Å². The maximum atomic E-state index is 4.45. The van der Waals surface area contributed by atoms with Crippen LogP contribution in [-0.2, 0) is 0 Å². The maximum absolute atomic E-state index is 4.45. The van der Waals surface area contributed by atoms with E-state index in [1.807, 2.05) is 24.7 Å². The lowest BCUT2D eigenvalue weighted by molar-refractivity contribution is 0.829. The van der Waals surface area contributed by atoms with E-state index in [4.69, 9.17) is 0 Å². The molecule has 0 fully saturated rings. The van der Waals surface area contributed by atoms with Gasteiger partial charge in [-0.05, 0) is 19.3 Å². The molecule has 0 radical (unpaired) electrons. The number of allylic oxidation sites excluding steroid dienone is 1. The number of aromatic nitrogens is 1. The number of thiazole rings is 1. The molecule has 0 unspecified atom stereocenters. The average Bonchev–Trinajstić information content (AvgIpc) is 2.68. The van der Waals surface area contributed by atoms with E-state index in [1.165, 1.54) is 4.88 Å². The first-order chi connectivity index (χ1) is 7.20. The lowest BCUT2D eigenvalue weighted by atomic mass is 10.1. The van der Waals surface area contributed by atoms with Gasteiger partial charge in [0.05, 0.1) is 21.8 Å². The molecule has 0 aromatic carbocycles. The quantitative estimate of drug-likeness (QED) is 0.704. The molecule has 1 rings (SSSR count). The van der Waals surface area contributed by atoms with Crippen LogP contribution in [0, 0.1) is 0 Å². The molecule has 0 amide bonds. The molecule has 0 aliphatic heterocycles. The van der Waals surface area contributed by atoms with Crippen molar-refractivity contribution in [3.8, 4) is 0 Å². The van der Waals surface area contributed by atoms with E-state index in [-0.39, 0.29) is 0 Å². The number of hydrogen-bond donors (Lipinski definition) is 0. The van der Waals surface area contributed by atoms with Gasteiger partial charge < -0.3 is 0 Å². The number of aliphatic imine (C=N–C) groups is 1. The van der Waals surface area contributed by atoms with Crippen molar-refractivity contribution in [1.82, 2.24) is 4.98 Å². The molecule has 15 heavy (non-hydrogen) atoms. The summed E-state index contributed by atoms with van der Waals surface area (Å²) in [7, 11) is 0. The average molecular weight is 222 g/mol. The Morgan fingerprint density at radius 1 is 1.60 bits per heavy atom. The normalized spacial score (nSPS) is 13.0. The van der Waals surface area contributed by atoms with Crippen LogP contribution in [0.3, 0.4) is 0 Å². The minimum absolute atomic E-state index is 0.457. The molecule has 0 saturated heterocycles. The molecule has 0 N–H and O–H groups in total. The predicted octanol–water partition coefficient (Wildman–Crippen LogP) is 4.11. The predicted molar refractivity (Wildman–Crippen MR) is 68.6 cm³/mol. The number of nitrogens with zero attached hydrogens (tertiary/aromatic N) is 2. The summed E-state index contributed by atoms with van der Waals surface area (Å²) in [5.74, 6) is 0.457. The second-order valence-corrected chi connectivity index (χ2v) is 4.47. The number of rotatable bonds is 4. The second-order valence-electron chi connectivity index (χ2n) is 3.62. The largest absolute Gasteiger partial charge is 0.260 e. The van der Waals surface area contributed by atoms with Gasteiger partial charge in [0.1, 0.15) is 0 Å². The second kappa shape index (κ2) is 5.81. The molecule has 82 valence electrons. The number of hydrogen-bond acceptors (Lipinski definition) is 3. The van der Waals surface area contributed by atoms with Crippen LogP contribution in [0.5, 0.6) is 0 Å². The van der Waals surface area contributed by atoms with Crippen molar-refractivity contribution in [1.29, 1.82) is 0 Å². The summed E-state index contributed by atoms with van der Waals surface area (Å²) in [4.78, 5) is 10.1. The monoisotopic (exact) mass is 222 g/mol. The van der Waals surface area contributed by atoms with Gasteiger partial charge in [0, 0.05) is 6.21 Å². The Morgan fingerprint density at radius 2 is 2.33 bits per heavy atom. The van der Waals surface area contributed by atoms with Crippen molar-refractivity contribution in [3.63, 3.8) is 0 Å². The van der Waals surface area contributed by atoms with Crippen molar-refractivity contribution >= 4 is 23.2 Å². The minimum Gasteiger partial charge on any atom is -0.260 e. The Labute approximate surface area is 95.8 Å².